The van der Waals surface area contributed by atoms with Crippen molar-refractivity contribution in [2.45, 2.75) is 24.5 Å². The van der Waals surface area contributed by atoms with Crippen molar-refractivity contribution in [1.29, 1.82) is 0 Å². The van der Waals surface area contributed by atoms with Gasteiger partial charge in [0.2, 0.25) is 5.91 Å². The molecule has 206 valence electrons. The zero-order valence-electron chi connectivity index (χ0n) is 21.5. The molecule has 1 fully saturated rings. The topological polar surface area (TPSA) is 139 Å². The number of methoxy groups -OCH3 is 1. The van der Waals surface area contributed by atoms with Crippen molar-refractivity contribution in [2.75, 3.05) is 30.8 Å². The first-order valence-electron chi connectivity index (χ1n) is 12.5. The molecule has 0 saturated carbocycles. The molecule has 2 atom stereocenters. The Hall–Kier alpha value is -4.64. The third-order valence-electron chi connectivity index (χ3n) is 6.86. The molecular weight excluding hydrogens is 538 g/mol. The average Bonchev–Trinajstić information content (AvgIpc) is 3.37. The minimum absolute atomic E-state index is 0.0866. The summed E-state index contributed by atoms with van der Waals surface area (Å²) in [5.74, 6) is -0.430. The Morgan fingerprint density at radius 1 is 1.18 bits per heavy atom. The molecule has 5 rings (SSSR count). The number of fused-ring (bicyclic) bond motifs is 2. The summed E-state index contributed by atoms with van der Waals surface area (Å²) < 4.78 is 10.3. The van der Waals surface area contributed by atoms with Gasteiger partial charge in [0.15, 0.2) is 5.60 Å². The fourth-order valence-corrected chi connectivity index (χ4v) is 5.06. The molecule has 1 spiro atoms. The predicted octanol–water partition coefficient (Wildman–Crippen LogP) is 3.94. The van der Waals surface area contributed by atoms with Crippen molar-refractivity contribution in [3.05, 3.63) is 88.6 Å². The van der Waals surface area contributed by atoms with E-state index < -0.39 is 29.7 Å². The van der Waals surface area contributed by atoms with E-state index in [1.807, 2.05) is 30.3 Å². The molecule has 1 aromatic heterocycles. The normalized spacial score (nSPS) is 18.2. The molecule has 2 aliphatic heterocycles. The van der Waals surface area contributed by atoms with Crippen molar-refractivity contribution in [3.63, 3.8) is 0 Å². The Kier molecular flexibility index (Phi) is 7.56. The van der Waals surface area contributed by atoms with E-state index in [4.69, 9.17) is 16.3 Å². The van der Waals surface area contributed by atoms with Crippen molar-refractivity contribution in [1.82, 2.24) is 15.2 Å². The van der Waals surface area contributed by atoms with E-state index in [9.17, 15) is 19.2 Å². The minimum Gasteiger partial charge on any atom is -0.453 e. The number of nitrogens with zero attached hydrogens (tertiary/aromatic N) is 2. The van der Waals surface area contributed by atoms with E-state index in [-0.39, 0.29) is 18.9 Å². The number of likely N-dealkylation sites (tertiary alicyclic amines) is 1. The van der Waals surface area contributed by atoms with Gasteiger partial charge in [0.25, 0.3) is 5.91 Å². The predicted molar refractivity (Wildman–Crippen MR) is 146 cm³/mol. The summed E-state index contributed by atoms with van der Waals surface area (Å²) in [7, 11) is 1.25. The number of hydrogen-bond acceptors (Lipinski definition) is 7. The Bertz CT molecular complexity index is 1450. The van der Waals surface area contributed by atoms with E-state index in [1.165, 1.54) is 25.4 Å². The quantitative estimate of drug-likeness (QED) is 0.413. The van der Waals surface area contributed by atoms with E-state index in [2.05, 4.69) is 25.7 Å². The van der Waals surface area contributed by atoms with E-state index >= 15 is 0 Å². The highest BCUT2D eigenvalue weighted by atomic mass is 35.5. The van der Waals surface area contributed by atoms with Crippen LogP contribution >= 0.6 is 11.6 Å². The number of hydrogen-bond donors (Lipinski definition) is 3. The van der Waals surface area contributed by atoms with Crippen LogP contribution in [-0.2, 0) is 26.3 Å². The smallest absolute Gasteiger partial charge is 0.413 e. The summed E-state index contributed by atoms with van der Waals surface area (Å²) >= 11 is 6.19. The van der Waals surface area contributed by atoms with Crippen molar-refractivity contribution >= 4 is 47.1 Å². The maximum atomic E-state index is 13.9. The second-order valence-electron chi connectivity index (χ2n) is 9.48. The molecule has 3 aromatic rings. The van der Waals surface area contributed by atoms with Crippen molar-refractivity contribution < 1.29 is 28.7 Å². The van der Waals surface area contributed by atoms with E-state index in [0.29, 0.717) is 40.6 Å². The van der Waals surface area contributed by atoms with Crippen LogP contribution in [-0.4, -0.2) is 60.1 Å². The molecule has 1 saturated heterocycles. The third-order valence-corrected chi connectivity index (χ3v) is 7.07. The molecule has 12 heteroatoms. The maximum absolute atomic E-state index is 13.9. The van der Waals surface area contributed by atoms with Crippen LogP contribution in [0.5, 0.6) is 0 Å². The summed E-state index contributed by atoms with van der Waals surface area (Å²) in [6.07, 6.45) is 0.746. The summed E-state index contributed by atoms with van der Waals surface area (Å²) in [5, 5.41) is 8.34. The highest BCUT2D eigenvalue weighted by Gasteiger charge is 2.50. The number of aromatic nitrogens is 1. The number of rotatable bonds is 6. The maximum Gasteiger partial charge on any atom is 0.413 e. The molecule has 40 heavy (non-hydrogen) atoms. The van der Waals surface area contributed by atoms with Crippen LogP contribution in [0.25, 0.3) is 0 Å². The number of halogens is 1. The standard InChI is InChI=1S/C28H26ClN5O6/c1-39-26(37)31-20-9-7-18(8-10-20)24(35)32-22(13-17-5-3-2-4-6-17)25(36)34-12-11-28(16-34)21-14-19(29)15-30-23(21)33-27(38)40-28/h2-10,14-15,22H,11-13,16H2,1H3,(H,31,37)(H,32,35)(H,30,33,38)/t22-,28?/m0/s1. The van der Waals surface area contributed by atoms with Gasteiger partial charge in [0.1, 0.15) is 11.9 Å². The van der Waals surface area contributed by atoms with Crippen LogP contribution in [0, 0.1) is 0 Å². The van der Waals surface area contributed by atoms with E-state index in [0.717, 1.165) is 5.56 Å². The van der Waals surface area contributed by atoms with Crippen molar-refractivity contribution in [2.24, 2.45) is 0 Å². The molecule has 3 heterocycles. The molecule has 2 aliphatic rings. The van der Waals surface area contributed by atoms with Gasteiger partial charge < -0.3 is 19.7 Å². The van der Waals surface area contributed by atoms with E-state index in [1.54, 1.807) is 23.1 Å². The molecule has 11 nitrogen and oxygen atoms in total. The number of carbonyl (C=O) groups excluding carboxylic acids is 4. The lowest BCUT2D eigenvalue weighted by Crippen LogP contribution is -2.50. The lowest BCUT2D eigenvalue weighted by molar-refractivity contribution is -0.133. The van der Waals surface area contributed by atoms with Crippen LogP contribution in [0.1, 0.15) is 27.9 Å². The first-order chi connectivity index (χ1) is 19.3. The summed E-state index contributed by atoms with van der Waals surface area (Å²) in [5.41, 5.74) is 1.12. The summed E-state index contributed by atoms with van der Waals surface area (Å²) in [6.45, 7) is 0.385. The number of amides is 4. The summed E-state index contributed by atoms with van der Waals surface area (Å²) in [4.78, 5) is 56.6. The van der Waals surface area contributed by atoms with Gasteiger partial charge in [-0.3, -0.25) is 20.2 Å². The number of benzene rings is 2. The molecule has 4 amide bonds. The lowest BCUT2D eigenvalue weighted by atomic mass is 9.92. The molecule has 3 N–H and O–H groups in total. The van der Waals surface area contributed by atoms with Crippen LogP contribution in [0.15, 0.2) is 66.9 Å². The monoisotopic (exact) mass is 563 g/mol. The lowest BCUT2D eigenvalue weighted by Gasteiger charge is -2.35. The second kappa shape index (κ2) is 11.2. The Balaban J connectivity index is 1.36. The molecule has 0 radical (unpaired) electrons. The van der Waals surface area contributed by atoms with Gasteiger partial charge in [-0.2, -0.15) is 0 Å². The molecular formula is C28H26ClN5O6. The van der Waals surface area contributed by atoms with Crippen LogP contribution in [0.4, 0.5) is 21.1 Å². The average molecular weight is 564 g/mol. The van der Waals surface area contributed by atoms with Crippen molar-refractivity contribution in [3.8, 4) is 0 Å². The van der Waals surface area contributed by atoms with Gasteiger partial charge in [0.05, 0.1) is 18.7 Å². The summed E-state index contributed by atoms with van der Waals surface area (Å²) in [6, 6.07) is 16.3. The second-order valence-corrected chi connectivity index (χ2v) is 9.91. The Morgan fingerprint density at radius 3 is 2.65 bits per heavy atom. The van der Waals surface area contributed by atoms with Crippen LogP contribution in [0.2, 0.25) is 5.02 Å². The van der Waals surface area contributed by atoms with Crippen LogP contribution in [0.3, 0.4) is 0 Å². The molecule has 0 aliphatic carbocycles. The molecule has 1 unspecified atom stereocenters. The first kappa shape index (κ1) is 26.9. The highest BCUT2D eigenvalue weighted by molar-refractivity contribution is 6.30. The third kappa shape index (κ3) is 5.69. The number of carbonyl (C=O) groups is 4. The van der Waals surface area contributed by atoms with Gasteiger partial charge >= 0.3 is 12.2 Å². The number of pyridine rings is 1. The Morgan fingerprint density at radius 2 is 1.93 bits per heavy atom. The number of nitrogens with one attached hydrogen (secondary N) is 3. The fourth-order valence-electron chi connectivity index (χ4n) is 4.90. The van der Waals surface area contributed by atoms with Gasteiger partial charge in [-0.15, -0.1) is 0 Å². The van der Waals surface area contributed by atoms with Gasteiger partial charge in [-0.25, -0.2) is 14.6 Å². The minimum atomic E-state index is -1.10. The number of ether oxygens (including phenoxy) is 2. The number of anilines is 2. The fraction of sp³-hybridized carbons (Fsp3) is 0.250. The van der Waals surface area contributed by atoms with Gasteiger partial charge in [0, 0.05) is 42.4 Å². The largest absolute Gasteiger partial charge is 0.453 e. The SMILES string of the molecule is COC(=O)Nc1ccc(C(=O)N[C@@H](Cc2ccccc2)C(=O)N2CCC3(C2)OC(=O)Nc2ncc(Cl)cc23)cc1. The first-order valence-corrected chi connectivity index (χ1v) is 12.9. The zero-order chi connectivity index (χ0) is 28.3. The van der Waals surface area contributed by atoms with Gasteiger partial charge in [-0.1, -0.05) is 41.9 Å². The molecule has 0 bridgehead atoms. The molecule has 2 aromatic carbocycles. The Labute approximate surface area is 234 Å². The van der Waals surface area contributed by atoms with Gasteiger partial charge in [-0.05, 0) is 35.9 Å². The zero-order valence-corrected chi connectivity index (χ0v) is 22.2. The highest BCUT2D eigenvalue weighted by Crippen LogP contribution is 2.43. The van der Waals surface area contributed by atoms with Crippen LogP contribution < -0.4 is 16.0 Å².